The first-order chi connectivity index (χ1) is 7.49. The normalized spacial score (nSPS) is 18.8. The molecule has 0 saturated heterocycles. The number of carboxylic acids is 1. The second-order valence-electron chi connectivity index (χ2n) is 3.28. The molecule has 0 aromatic rings. The fourth-order valence-electron chi connectivity index (χ4n) is 1.32. The Kier molecular flexibility index (Phi) is 7.18. The summed E-state index contributed by atoms with van der Waals surface area (Å²) in [6.45, 7) is 0.115. The van der Waals surface area contributed by atoms with Crippen LogP contribution in [0.5, 0.6) is 0 Å². The van der Waals surface area contributed by atoms with Gasteiger partial charge in [-0.05, 0) is 0 Å². The van der Waals surface area contributed by atoms with Gasteiger partial charge in [0.05, 0.1) is 6.61 Å². The number of aliphatic carboxylic acids is 1. The van der Waals surface area contributed by atoms with Crippen molar-refractivity contribution in [1.29, 1.82) is 0 Å². The predicted octanol–water partition coefficient (Wildman–Crippen LogP) is -1.56. The van der Waals surface area contributed by atoms with Crippen LogP contribution in [-0.4, -0.2) is 68.5 Å². The molecule has 0 fully saturated rings. The van der Waals surface area contributed by atoms with Crippen LogP contribution in [0.1, 0.15) is 0 Å². The van der Waals surface area contributed by atoms with Gasteiger partial charge in [-0.15, -0.1) is 0 Å². The Hall–Kier alpha value is -0.730. The lowest BCUT2D eigenvalue weighted by Crippen LogP contribution is -2.54. The molecule has 0 aliphatic heterocycles. The monoisotopic (exact) mass is 237 g/mol. The highest BCUT2D eigenvalue weighted by atomic mass is 16.5. The number of nitrogens with two attached hydrogens (primary N) is 1. The summed E-state index contributed by atoms with van der Waals surface area (Å²) in [5.74, 6) is -1.25. The quantitative estimate of drug-likeness (QED) is 0.468. The van der Waals surface area contributed by atoms with E-state index in [1.54, 1.807) is 0 Å². The number of ether oxygens (including phenoxy) is 3. The molecule has 0 heterocycles. The SMILES string of the molecule is COC[C@@H](OC)[C@@H](O)[C@H](OC)[C@H](N)C(=O)O. The highest BCUT2D eigenvalue weighted by molar-refractivity contribution is 5.74. The third-order valence-corrected chi connectivity index (χ3v) is 2.26. The molecule has 0 unspecified atom stereocenters. The van der Waals surface area contributed by atoms with E-state index in [0.717, 1.165) is 0 Å². The number of rotatable bonds is 8. The summed E-state index contributed by atoms with van der Waals surface area (Å²) < 4.78 is 14.7. The standard InChI is InChI=1S/C9H19NO6/c1-14-4-5(15-2)7(11)8(16-3)6(10)9(12)13/h5-8,11H,4,10H2,1-3H3,(H,12,13)/t5-,6+,7-,8-/m1/s1. The molecule has 0 radical (unpaired) electrons. The number of carbonyl (C=O) groups is 1. The minimum absolute atomic E-state index is 0.115. The number of aliphatic hydroxyl groups excluding tert-OH is 1. The summed E-state index contributed by atoms with van der Waals surface area (Å²) in [6, 6.07) is -1.32. The summed E-state index contributed by atoms with van der Waals surface area (Å²) in [5.41, 5.74) is 5.38. The summed E-state index contributed by atoms with van der Waals surface area (Å²) in [7, 11) is 4.10. The zero-order chi connectivity index (χ0) is 12.7. The third kappa shape index (κ3) is 4.03. The van der Waals surface area contributed by atoms with Gasteiger partial charge in [0.1, 0.15) is 24.4 Å². The van der Waals surface area contributed by atoms with E-state index < -0.39 is 30.3 Å². The Morgan fingerprint density at radius 3 is 2.19 bits per heavy atom. The van der Waals surface area contributed by atoms with Crippen molar-refractivity contribution in [2.75, 3.05) is 27.9 Å². The maximum absolute atomic E-state index is 10.7. The molecule has 0 aromatic carbocycles. The maximum atomic E-state index is 10.7. The van der Waals surface area contributed by atoms with Crippen molar-refractivity contribution in [3.8, 4) is 0 Å². The zero-order valence-electron chi connectivity index (χ0n) is 9.62. The molecule has 0 aliphatic carbocycles. The van der Waals surface area contributed by atoms with Crippen LogP contribution in [0.15, 0.2) is 0 Å². The number of aliphatic hydroxyl groups is 1. The Morgan fingerprint density at radius 2 is 1.88 bits per heavy atom. The first-order valence-corrected chi connectivity index (χ1v) is 4.70. The van der Waals surface area contributed by atoms with Crippen LogP contribution in [0.3, 0.4) is 0 Å². The van der Waals surface area contributed by atoms with E-state index in [4.69, 9.17) is 25.1 Å². The molecule has 7 heteroatoms. The molecule has 4 atom stereocenters. The molecular formula is C9H19NO6. The lowest BCUT2D eigenvalue weighted by atomic mass is 10.0. The van der Waals surface area contributed by atoms with E-state index in [-0.39, 0.29) is 6.61 Å². The van der Waals surface area contributed by atoms with Gasteiger partial charge in [0, 0.05) is 21.3 Å². The molecule has 4 N–H and O–H groups in total. The molecule has 0 spiro atoms. The zero-order valence-corrected chi connectivity index (χ0v) is 9.62. The molecule has 0 aliphatic rings. The number of hydrogen-bond acceptors (Lipinski definition) is 6. The Balaban J connectivity index is 4.60. The van der Waals surface area contributed by atoms with Crippen LogP contribution >= 0.6 is 0 Å². The van der Waals surface area contributed by atoms with E-state index in [9.17, 15) is 9.90 Å². The van der Waals surface area contributed by atoms with Crippen molar-refractivity contribution in [2.24, 2.45) is 5.73 Å². The predicted molar refractivity (Wildman–Crippen MR) is 55.1 cm³/mol. The van der Waals surface area contributed by atoms with Crippen LogP contribution in [0.2, 0.25) is 0 Å². The van der Waals surface area contributed by atoms with Gasteiger partial charge in [-0.1, -0.05) is 0 Å². The molecule has 0 amide bonds. The van der Waals surface area contributed by atoms with Gasteiger partial charge in [0.25, 0.3) is 0 Å². The average molecular weight is 237 g/mol. The van der Waals surface area contributed by atoms with E-state index >= 15 is 0 Å². The van der Waals surface area contributed by atoms with Gasteiger partial charge in [-0.3, -0.25) is 4.79 Å². The van der Waals surface area contributed by atoms with Crippen molar-refractivity contribution >= 4 is 5.97 Å². The Bertz CT molecular complexity index is 212. The molecule has 96 valence electrons. The van der Waals surface area contributed by atoms with Gasteiger partial charge in [0.15, 0.2) is 0 Å². The molecule has 0 rings (SSSR count). The molecule has 0 saturated carbocycles. The van der Waals surface area contributed by atoms with Crippen LogP contribution < -0.4 is 5.73 Å². The maximum Gasteiger partial charge on any atom is 0.323 e. The summed E-state index contributed by atoms with van der Waals surface area (Å²) in [5, 5.41) is 18.6. The lowest BCUT2D eigenvalue weighted by molar-refractivity contribution is -0.151. The summed E-state index contributed by atoms with van der Waals surface area (Å²) >= 11 is 0. The van der Waals surface area contributed by atoms with Gasteiger partial charge in [0.2, 0.25) is 0 Å². The van der Waals surface area contributed by atoms with E-state index in [2.05, 4.69) is 0 Å². The average Bonchev–Trinajstić information content (AvgIpc) is 2.26. The minimum atomic E-state index is -1.32. The first kappa shape index (κ1) is 15.3. The number of methoxy groups -OCH3 is 3. The fourth-order valence-corrected chi connectivity index (χ4v) is 1.32. The van der Waals surface area contributed by atoms with Gasteiger partial charge in [-0.25, -0.2) is 0 Å². The van der Waals surface area contributed by atoms with Crippen molar-refractivity contribution in [3.63, 3.8) is 0 Å². The van der Waals surface area contributed by atoms with Crippen LogP contribution in [0, 0.1) is 0 Å². The van der Waals surface area contributed by atoms with Crippen molar-refractivity contribution in [1.82, 2.24) is 0 Å². The van der Waals surface area contributed by atoms with Crippen molar-refractivity contribution < 1.29 is 29.2 Å². The topological polar surface area (TPSA) is 111 Å². The van der Waals surface area contributed by atoms with E-state index in [0.29, 0.717) is 0 Å². The minimum Gasteiger partial charge on any atom is -0.480 e. The Labute approximate surface area is 94.1 Å². The second-order valence-corrected chi connectivity index (χ2v) is 3.28. The van der Waals surface area contributed by atoms with Crippen LogP contribution in [0.25, 0.3) is 0 Å². The molecule has 7 nitrogen and oxygen atoms in total. The molecule has 16 heavy (non-hydrogen) atoms. The molecule has 0 bridgehead atoms. The first-order valence-electron chi connectivity index (χ1n) is 4.70. The fraction of sp³-hybridized carbons (Fsp3) is 0.889. The van der Waals surface area contributed by atoms with Crippen LogP contribution in [0.4, 0.5) is 0 Å². The third-order valence-electron chi connectivity index (χ3n) is 2.26. The van der Waals surface area contributed by atoms with Gasteiger partial charge in [-0.2, -0.15) is 0 Å². The molecular weight excluding hydrogens is 218 g/mol. The Morgan fingerprint density at radius 1 is 1.31 bits per heavy atom. The van der Waals surface area contributed by atoms with Crippen molar-refractivity contribution in [2.45, 2.75) is 24.4 Å². The number of hydrogen-bond donors (Lipinski definition) is 3. The van der Waals surface area contributed by atoms with Crippen LogP contribution in [-0.2, 0) is 19.0 Å². The van der Waals surface area contributed by atoms with Gasteiger partial charge >= 0.3 is 5.97 Å². The second kappa shape index (κ2) is 7.53. The van der Waals surface area contributed by atoms with E-state index in [1.807, 2.05) is 0 Å². The number of carboxylic acid groups (broad SMARTS) is 1. The summed E-state index contributed by atoms with van der Waals surface area (Å²) in [4.78, 5) is 10.7. The highest BCUT2D eigenvalue weighted by Crippen LogP contribution is 2.10. The van der Waals surface area contributed by atoms with Crippen molar-refractivity contribution in [3.05, 3.63) is 0 Å². The lowest BCUT2D eigenvalue weighted by Gasteiger charge is -2.29. The smallest absolute Gasteiger partial charge is 0.323 e. The molecule has 0 aromatic heterocycles. The summed E-state index contributed by atoms with van der Waals surface area (Å²) in [6.07, 6.45) is -2.93. The highest BCUT2D eigenvalue weighted by Gasteiger charge is 2.35. The van der Waals surface area contributed by atoms with E-state index in [1.165, 1.54) is 21.3 Å². The van der Waals surface area contributed by atoms with Gasteiger partial charge < -0.3 is 30.2 Å². The largest absolute Gasteiger partial charge is 0.480 e.